The highest BCUT2D eigenvalue weighted by molar-refractivity contribution is 6.31. The molecule has 1 aromatic carbocycles. The van der Waals surface area contributed by atoms with Crippen LogP contribution in [0.2, 0.25) is 5.02 Å². The SMILES string of the molecule is Cc1cnn(C2CCN(C(=O)c3cc4cc(Cl)ccc4[nH]3)C2)c1. The molecule has 6 heteroatoms. The van der Waals surface area contributed by atoms with Gasteiger partial charge in [-0.05, 0) is 43.2 Å². The van der Waals surface area contributed by atoms with Crippen molar-refractivity contribution in [3.05, 3.63) is 52.9 Å². The number of halogens is 1. The second kappa shape index (κ2) is 5.42. The molecule has 2 aromatic heterocycles. The van der Waals surface area contributed by atoms with Crippen molar-refractivity contribution < 1.29 is 4.79 Å². The molecule has 3 aromatic rings. The number of aromatic amines is 1. The van der Waals surface area contributed by atoms with Gasteiger partial charge in [0, 0.05) is 35.2 Å². The van der Waals surface area contributed by atoms with Gasteiger partial charge < -0.3 is 9.88 Å². The lowest BCUT2D eigenvalue weighted by Gasteiger charge is -2.15. The van der Waals surface area contributed by atoms with Gasteiger partial charge in [-0.15, -0.1) is 0 Å². The predicted octanol–water partition coefficient (Wildman–Crippen LogP) is 3.41. The van der Waals surface area contributed by atoms with Crippen LogP contribution in [-0.4, -0.2) is 38.7 Å². The van der Waals surface area contributed by atoms with Crippen molar-refractivity contribution in [1.82, 2.24) is 19.7 Å². The van der Waals surface area contributed by atoms with E-state index in [1.165, 1.54) is 0 Å². The number of benzene rings is 1. The summed E-state index contributed by atoms with van der Waals surface area (Å²) in [6.07, 6.45) is 4.81. The Bertz CT molecular complexity index is 882. The number of hydrogen-bond acceptors (Lipinski definition) is 2. The highest BCUT2D eigenvalue weighted by Gasteiger charge is 2.29. The first-order chi connectivity index (χ1) is 11.1. The van der Waals surface area contributed by atoms with E-state index in [4.69, 9.17) is 11.6 Å². The molecular weight excluding hydrogens is 312 g/mol. The Morgan fingerprint density at radius 3 is 3.04 bits per heavy atom. The third kappa shape index (κ3) is 2.61. The number of carbonyl (C=O) groups excluding carboxylic acids is 1. The van der Waals surface area contributed by atoms with Crippen molar-refractivity contribution >= 4 is 28.4 Å². The molecule has 4 rings (SSSR count). The molecule has 0 bridgehead atoms. The first kappa shape index (κ1) is 14.3. The monoisotopic (exact) mass is 328 g/mol. The van der Waals surface area contributed by atoms with Crippen LogP contribution in [0.4, 0.5) is 0 Å². The van der Waals surface area contributed by atoms with Gasteiger partial charge in [-0.25, -0.2) is 0 Å². The first-order valence-corrected chi connectivity index (χ1v) is 8.06. The zero-order valence-corrected chi connectivity index (χ0v) is 13.5. The normalized spacial score (nSPS) is 18.0. The number of rotatable bonds is 2. The van der Waals surface area contributed by atoms with Gasteiger partial charge in [0.15, 0.2) is 0 Å². The summed E-state index contributed by atoms with van der Waals surface area (Å²) in [6, 6.07) is 7.71. The first-order valence-electron chi connectivity index (χ1n) is 7.68. The van der Waals surface area contributed by atoms with Gasteiger partial charge in [-0.1, -0.05) is 11.6 Å². The molecule has 1 aliphatic rings. The van der Waals surface area contributed by atoms with Crippen LogP contribution in [0, 0.1) is 6.92 Å². The fourth-order valence-electron chi connectivity index (χ4n) is 3.16. The third-order valence-corrected chi connectivity index (χ3v) is 4.60. The van der Waals surface area contributed by atoms with Crippen LogP contribution in [-0.2, 0) is 0 Å². The Hall–Kier alpha value is -2.27. The number of nitrogens with one attached hydrogen (secondary N) is 1. The van der Waals surface area contributed by atoms with Crippen LogP contribution in [0.15, 0.2) is 36.7 Å². The molecule has 1 unspecified atom stereocenters. The van der Waals surface area contributed by atoms with Crippen molar-refractivity contribution in [1.29, 1.82) is 0 Å². The molecule has 1 atom stereocenters. The maximum atomic E-state index is 12.7. The summed E-state index contributed by atoms with van der Waals surface area (Å²) in [5.74, 6) is 0.0312. The molecule has 0 radical (unpaired) electrons. The van der Waals surface area contributed by atoms with Crippen LogP contribution in [0.3, 0.4) is 0 Å². The van der Waals surface area contributed by atoms with Gasteiger partial charge in [-0.3, -0.25) is 9.48 Å². The molecule has 23 heavy (non-hydrogen) atoms. The smallest absolute Gasteiger partial charge is 0.270 e. The van der Waals surface area contributed by atoms with E-state index in [9.17, 15) is 4.79 Å². The maximum absolute atomic E-state index is 12.7. The van der Waals surface area contributed by atoms with Gasteiger partial charge in [0.1, 0.15) is 5.69 Å². The second-order valence-corrected chi connectivity index (χ2v) is 6.54. The average molecular weight is 329 g/mol. The molecule has 5 nitrogen and oxygen atoms in total. The summed E-state index contributed by atoms with van der Waals surface area (Å²) < 4.78 is 1.97. The predicted molar refractivity (Wildman–Crippen MR) is 89.8 cm³/mol. The van der Waals surface area contributed by atoms with Crippen LogP contribution in [0.5, 0.6) is 0 Å². The molecule has 1 N–H and O–H groups in total. The van der Waals surface area contributed by atoms with E-state index in [1.54, 1.807) is 0 Å². The zero-order chi connectivity index (χ0) is 16.0. The van der Waals surface area contributed by atoms with Gasteiger partial charge in [0.25, 0.3) is 5.91 Å². The van der Waals surface area contributed by atoms with Crippen molar-refractivity contribution in [2.75, 3.05) is 13.1 Å². The third-order valence-electron chi connectivity index (χ3n) is 4.37. The lowest BCUT2D eigenvalue weighted by molar-refractivity contribution is 0.0782. The standard InChI is InChI=1S/C17H17ClN4O/c1-11-8-19-22(9-11)14-4-5-21(10-14)17(23)16-7-12-6-13(18)2-3-15(12)20-16/h2-3,6-9,14,20H,4-5,10H2,1H3. The number of amides is 1. The Kier molecular flexibility index (Phi) is 3.38. The molecule has 1 aliphatic heterocycles. The number of H-pyrrole nitrogens is 1. The molecule has 118 valence electrons. The summed E-state index contributed by atoms with van der Waals surface area (Å²) in [5, 5.41) is 5.99. The van der Waals surface area contributed by atoms with Crippen LogP contribution in [0.1, 0.15) is 28.5 Å². The van der Waals surface area contributed by atoms with Gasteiger partial charge in [-0.2, -0.15) is 5.10 Å². The molecule has 3 heterocycles. The molecule has 1 fully saturated rings. The molecule has 0 aliphatic carbocycles. The zero-order valence-electron chi connectivity index (χ0n) is 12.8. The molecular formula is C17H17ClN4O. The fraction of sp³-hybridized carbons (Fsp3) is 0.294. The largest absolute Gasteiger partial charge is 0.351 e. The Balaban J connectivity index is 1.54. The number of nitrogens with zero attached hydrogens (tertiary/aromatic N) is 3. The van der Waals surface area contributed by atoms with E-state index in [0.717, 1.165) is 29.4 Å². The molecule has 0 saturated carbocycles. The molecule has 1 amide bonds. The maximum Gasteiger partial charge on any atom is 0.270 e. The lowest BCUT2D eigenvalue weighted by Crippen LogP contribution is -2.29. The van der Waals surface area contributed by atoms with Gasteiger partial charge >= 0.3 is 0 Å². The topological polar surface area (TPSA) is 53.9 Å². The summed E-state index contributed by atoms with van der Waals surface area (Å²) in [4.78, 5) is 17.8. The van der Waals surface area contributed by atoms with Crippen molar-refractivity contribution in [3.8, 4) is 0 Å². The second-order valence-electron chi connectivity index (χ2n) is 6.11. The van der Waals surface area contributed by atoms with Gasteiger partial charge in [0.2, 0.25) is 0 Å². The minimum absolute atomic E-state index is 0.0312. The molecule has 1 saturated heterocycles. The minimum atomic E-state index is 0.0312. The summed E-state index contributed by atoms with van der Waals surface area (Å²) in [5.41, 5.74) is 2.68. The fourth-order valence-corrected chi connectivity index (χ4v) is 3.34. The Labute approximate surface area is 138 Å². The van der Waals surface area contributed by atoms with Crippen molar-refractivity contribution in [2.45, 2.75) is 19.4 Å². The Morgan fingerprint density at radius 1 is 1.39 bits per heavy atom. The van der Waals surface area contributed by atoms with E-state index in [2.05, 4.69) is 10.1 Å². The quantitative estimate of drug-likeness (QED) is 0.783. The Morgan fingerprint density at radius 2 is 2.26 bits per heavy atom. The highest BCUT2D eigenvalue weighted by Crippen LogP contribution is 2.25. The van der Waals surface area contributed by atoms with E-state index in [-0.39, 0.29) is 11.9 Å². The number of aryl methyl sites for hydroxylation is 1. The van der Waals surface area contributed by atoms with Crippen LogP contribution in [0.25, 0.3) is 10.9 Å². The number of hydrogen-bond donors (Lipinski definition) is 1. The number of fused-ring (bicyclic) bond motifs is 1. The summed E-state index contributed by atoms with van der Waals surface area (Å²) in [7, 11) is 0. The minimum Gasteiger partial charge on any atom is -0.351 e. The van der Waals surface area contributed by atoms with E-state index >= 15 is 0 Å². The average Bonchev–Trinajstić information content (AvgIpc) is 3.23. The lowest BCUT2D eigenvalue weighted by atomic mass is 10.2. The van der Waals surface area contributed by atoms with E-state index in [0.29, 0.717) is 17.3 Å². The van der Waals surface area contributed by atoms with E-state index < -0.39 is 0 Å². The highest BCUT2D eigenvalue weighted by atomic mass is 35.5. The molecule has 0 spiro atoms. The van der Waals surface area contributed by atoms with Crippen molar-refractivity contribution in [3.63, 3.8) is 0 Å². The van der Waals surface area contributed by atoms with Crippen LogP contribution >= 0.6 is 11.6 Å². The van der Waals surface area contributed by atoms with E-state index in [1.807, 2.05) is 53.2 Å². The summed E-state index contributed by atoms with van der Waals surface area (Å²) >= 11 is 6.00. The summed E-state index contributed by atoms with van der Waals surface area (Å²) in [6.45, 7) is 3.46. The number of aromatic nitrogens is 3. The van der Waals surface area contributed by atoms with Gasteiger partial charge in [0.05, 0.1) is 12.2 Å². The van der Waals surface area contributed by atoms with Crippen LogP contribution < -0.4 is 0 Å². The van der Waals surface area contributed by atoms with Crippen molar-refractivity contribution in [2.24, 2.45) is 0 Å². The number of likely N-dealkylation sites (tertiary alicyclic amines) is 1. The number of carbonyl (C=O) groups is 1.